The standard InChI is InChI=1S/C41H53N3O6/c1-2-23-44(36-15-7-8-16-36)28-37-26-38(32-21-19-30(29-45)20-22-32)50-41(49-37)35-14-10-13-34(25-35)33-12-9-11-31(24-33)27-42-39(46)17-5-3-4-6-18-40(47)43-48/h2,9-14,19-22,24-25,36-38,41,45,48H,1,3-8,15-18,23,26-29H2,(H,42,46)(H,43,47). The summed E-state index contributed by atoms with van der Waals surface area (Å²) in [5.74, 6) is -0.372. The van der Waals surface area contributed by atoms with Gasteiger partial charge in [-0.15, -0.1) is 6.58 Å². The second kappa shape index (κ2) is 19.5. The Morgan fingerprint density at radius 2 is 1.54 bits per heavy atom. The second-order valence-electron chi connectivity index (χ2n) is 13.6. The fraction of sp³-hybridized carbons (Fsp3) is 0.463. The van der Waals surface area contributed by atoms with Crippen LogP contribution >= 0.6 is 0 Å². The maximum Gasteiger partial charge on any atom is 0.243 e. The van der Waals surface area contributed by atoms with Gasteiger partial charge in [0, 0.05) is 50.5 Å². The largest absolute Gasteiger partial charge is 0.392 e. The maximum atomic E-state index is 12.5. The number of carbonyl (C=O) groups excluding carboxylic acids is 2. The third-order valence-electron chi connectivity index (χ3n) is 9.85. The molecule has 9 nitrogen and oxygen atoms in total. The summed E-state index contributed by atoms with van der Waals surface area (Å²) in [5.41, 5.74) is 7.66. The summed E-state index contributed by atoms with van der Waals surface area (Å²) in [7, 11) is 0. The highest BCUT2D eigenvalue weighted by molar-refractivity contribution is 5.76. The molecule has 1 saturated carbocycles. The van der Waals surface area contributed by atoms with Crippen LogP contribution < -0.4 is 10.8 Å². The van der Waals surface area contributed by atoms with Crippen molar-refractivity contribution in [3.63, 3.8) is 0 Å². The molecule has 2 amide bonds. The van der Waals surface area contributed by atoms with Crippen LogP contribution in [-0.2, 0) is 32.2 Å². The van der Waals surface area contributed by atoms with E-state index in [0.29, 0.717) is 31.8 Å². The van der Waals surface area contributed by atoms with Crippen LogP contribution in [0.15, 0.2) is 85.5 Å². The van der Waals surface area contributed by atoms with Gasteiger partial charge in [0.2, 0.25) is 11.8 Å². The predicted octanol–water partition coefficient (Wildman–Crippen LogP) is 7.28. The highest BCUT2D eigenvalue weighted by atomic mass is 16.7. The molecule has 3 aromatic rings. The molecule has 9 heteroatoms. The number of unbranched alkanes of at least 4 members (excludes halogenated alkanes) is 3. The average molecular weight is 684 g/mol. The minimum absolute atomic E-state index is 0.00629. The van der Waals surface area contributed by atoms with Crippen molar-refractivity contribution in [3.05, 3.63) is 108 Å². The summed E-state index contributed by atoms with van der Waals surface area (Å²) in [6.45, 7) is 6.14. The van der Waals surface area contributed by atoms with Gasteiger partial charge in [0.25, 0.3) is 0 Å². The van der Waals surface area contributed by atoms with Gasteiger partial charge in [0.15, 0.2) is 6.29 Å². The summed E-state index contributed by atoms with van der Waals surface area (Å²) in [4.78, 5) is 26.1. The van der Waals surface area contributed by atoms with E-state index in [1.807, 2.05) is 36.4 Å². The predicted molar refractivity (Wildman–Crippen MR) is 194 cm³/mol. The number of carbonyl (C=O) groups is 2. The highest BCUT2D eigenvalue weighted by Gasteiger charge is 2.34. The van der Waals surface area contributed by atoms with Crippen LogP contribution in [0.4, 0.5) is 0 Å². The number of nitrogens with zero attached hydrogens (tertiary/aromatic N) is 1. The van der Waals surface area contributed by atoms with Crippen LogP contribution in [0.25, 0.3) is 11.1 Å². The van der Waals surface area contributed by atoms with Crippen molar-refractivity contribution in [2.24, 2.45) is 0 Å². The molecule has 2 fully saturated rings. The van der Waals surface area contributed by atoms with Gasteiger partial charge < -0.3 is 19.9 Å². The number of ether oxygens (including phenoxy) is 2. The first-order valence-electron chi connectivity index (χ1n) is 18.2. The van der Waals surface area contributed by atoms with E-state index in [1.54, 1.807) is 5.48 Å². The number of hydroxylamine groups is 1. The summed E-state index contributed by atoms with van der Waals surface area (Å²) in [5, 5.41) is 21.2. The number of hydrogen-bond acceptors (Lipinski definition) is 7. The second-order valence-corrected chi connectivity index (χ2v) is 13.6. The third-order valence-corrected chi connectivity index (χ3v) is 9.85. The minimum atomic E-state index is -0.542. The SMILES string of the molecule is C=CCN(CC1CC(c2ccc(CO)cc2)OC(c2cccc(-c3cccc(CNC(=O)CCCCCCC(=O)NO)c3)c2)O1)C1CCCC1. The fourth-order valence-corrected chi connectivity index (χ4v) is 7.10. The van der Waals surface area contributed by atoms with Gasteiger partial charge in [-0.2, -0.15) is 0 Å². The Bertz CT molecular complexity index is 1520. The van der Waals surface area contributed by atoms with Gasteiger partial charge in [0.1, 0.15) is 0 Å². The van der Waals surface area contributed by atoms with E-state index in [-0.39, 0.29) is 30.6 Å². The topological polar surface area (TPSA) is 120 Å². The molecule has 1 aliphatic heterocycles. The molecule has 50 heavy (non-hydrogen) atoms. The number of aliphatic hydroxyl groups is 1. The van der Waals surface area contributed by atoms with Gasteiger partial charge in [-0.3, -0.25) is 19.7 Å². The molecule has 2 aliphatic rings. The number of amides is 2. The van der Waals surface area contributed by atoms with Crippen LogP contribution in [0.3, 0.4) is 0 Å². The lowest BCUT2D eigenvalue weighted by molar-refractivity contribution is -0.253. The molecule has 1 heterocycles. The molecule has 268 valence electrons. The molecular formula is C41H53N3O6. The van der Waals surface area contributed by atoms with E-state index in [1.165, 1.54) is 25.7 Å². The number of hydrogen-bond donors (Lipinski definition) is 4. The molecule has 3 atom stereocenters. The summed E-state index contributed by atoms with van der Waals surface area (Å²) < 4.78 is 13.4. The zero-order valence-corrected chi connectivity index (χ0v) is 29.1. The van der Waals surface area contributed by atoms with E-state index in [0.717, 1.165) is 72.2 Å². The fourth-order valence-electron chi connectivity index (χ4n) is 7.10. The van der Waals surface area contributed by atoms with E-state index >= 15 is 0 Å². The zero-order valence-electron chi connectivity index (χ0n) is 29.1. The van der Waals surface area contributed by atoms with Gasteiger partial charge >= 0.3 is 0 Å². The molecule has 3 unspecified atom stereocenters. The minimum Gasteiger partial charge on any atom is -0.392 e. The van der Waals surface area contributed by atoms with Crippen LogP contribution in [0.1, 0.15) is 105 Å². The lowest BCUT2D eigenvalue weighted by Gasteiger charge is -2.39. The average Bonchev–Trinajstić information content (AvgIpc) is 3.70. The molecule has 1 aliphatic carbocycles. The van der Waals surface area contributed by atoms with Crippen LogP contribution in [-0.4, -0.2) is 52.3 Å². The van der Waals surface area contributed by atoms with Gasteiger partial charge in [0.05, 0.1) is 18.8 Å². The number of rotatable bonds is 18. The van der Waals surface area contributed by atoms with Gasteiger partial charge in [-0.25, -0.2) is 5.48 Å². The van der Waals surface area contributed by atoms with Crippen molar-refractivity contribution in [2.45, 2.75) is 108 Å². The Balaban J connectivity index is 1.24. The van der Waals surface area contributed by atoms with E-state index in [4.69, 9.17) is 14.7 Å². The Morgan fingerprint density at radius 1 is 0.840 bits per heavy atom. The van der Waals surface area contributed by atoms with Crippen molar-refractivity contribution in [1.29, 1.82) is 0 Å². The highest BCUT2D eigenvalue weighted by Crippen LogP contribution is 2.39. The van der Waals surface area contributed by atoms with Crippen LogP contribution in [0.5, 0.6) is 0 Å². The molecule has 1 saturated heterocycles. The van der Waals surface area contributed by atoms with Crippen molar-refractivity contribution in [3.8, 4) is 11.1 Å². The Kier molecular flexibility index (Phi) is 14.6. The van der Waals surface area contributed by atoms with Gasteiger partial charge in [-0.05, 0) is 65.6 Å². The molecule has 5 rings (SSSR count). The Hall–Kier alpha value is -3.86. The number of benzene rings is 3. The lowest BCUT2D eigenvalue weighted by Crippen LogP contribution is -2.43. The third kappa shape index (κ3) is 11.1. The summed E-state index contributed by atoms with van der Waals surface area (Å²) >= 11 is 0. The molecule has 4 N–H and O–H groups in total. The lowest BCUT2D eigenvalue weighted by atomic mass is 9.98. The zero-order chi connectivity index (χ0) is 35.1. The number of nitrogens with one attached hydrogen (secondary N) is 2. The quantitative estimate of drug-likeness (QED) is 0.0481. The van der Waals surface area contributed by atoms with Crippen molar-refractivity contribution >= 4 is 11.8 Å². The van der Waals surface area contributed by atoms with Crippen molar-refractivity contribution < 1.29 is 29.4 Å². The van der Waals surface area contributed by atoms with E-state index in [2.05, 4.69) is 59.3 Å². The maximum absolute atomic E-state index is 12.5. The molecule has 0 spiro atoms. The molecule has 0 bridgehead atoms. The smallest absolute Gasteiger partial charge is 0.243 e. The Labute approximate surface area is 296 Å². The van der Waals surface area contributed by atoms with Gasteiger partial charge in [-0.1, -0.05) is 92.4 Å². The molecule has 0 radical (unpaired) electrons. The number of aliphatic hydroxyl groups excluding tert-OH is 1. The van der Waals surface area contributed by atoms with Crippen LogP contribution in [0.2, 0.25) is 0 Å². The Morgan fingerprint density at radius 3 is 2.24 bits per heavy atom. The first-order valence-corrected chi connectivity index (χ1v) is 18.2. The molecular weight excluding hydrogens is 630 g/mol. The molecule has 0 aromatic heterocycles. The normalized spacial score (nSPS) is 19.4. The first kappa shape index (κ1) is 37.4. The van der Waals surface area contributed by atoms with Crippen LogP contribution in [0, 0.1) is 0 Å². The first-order chi connectivity index (χ1) is 24.4. The summed E-state index contributed by atoms with van der Waals surface area (Å²) in [6.07, 6.45) is 10.9. The van der Waals surface area contributed by atoms with E-state index in [9.17, 15) is 14.7 Å². The molecule has 3 aromatic carbocycles. The van der Waals surface area contributed by atoms with E-state index < -0.39 is 6.29 Å². The monoisotopic (exact) mass is 683 g/mol. The van der Waals surface area contributed by atoms with Crippen molar-refractivity contribution in [1.82, 2.24) is 15.7 Å². The van der Waals surface area contributed by atoms with Crippen molar-refractivity contribution in [2.75, 3.05) is 13.1 Å². The summed E-state index contributed by atoms with van der Waals surface area (Å²) in [6, 6.07) is 25.1.